The first-order chi connectivity index (χ1) is 6.24. The van der Waals surface area contributed by atoms with Crippen LogP contribution in [0.1, 0.15) is 13.8 Å². The fourth-order valence-corrected chi connectivity index (χ4v) is 0.807. The van der Waals surface area contributed by atoms with Gasteiger partial charge < -0.3 is 18.9 Å². The minimum atomic E-state index is -0.288. The summed E-state index contributed by atoms with van der Waals surface area (Å²) in [5.41, 5.74) is 0. The van der Waals surface area contributed by atoms with E-state index in [0.717, 1.165) is 0 Å². The van der Waals surface area contributed by atoms with Gasteiger partial charge in [0.15, 0.2) is 6.29 Å². The third-order valence-corrected chi connectivity index (χ3v) is 1.60. The van der Waals surface area contributed by atoms with Crippen molar-refractivity contribution in [1.29, 1.82) is 0 Å². The third-order valence-electron chi connectivity index (χ3n) is 1.60. The first kappa shape index (κ1) is 12.8. The van der Waals surface area contributed by atoms with Crippen LogP contribution in [0.15, 0.2) is 0 Å². The normalized spacial score (nSPS) is 13.6. The molecule has 1 unspecified atom stereocenters. The van der Waals surface area contributed by atoms with Crippen LogP contribution in [-0.2, 0) is 18.9 Å². The first-order valence-corrected chi connectivity index (χ1v) is 4.49. The second-order valence-corrected chi connectivity index (χ2v) is 2.70. The lowest BCUT2D eigenvalue weighted by atomic mass is 10.4. The van der Waals surface area contributed by atoms with Crippen LogP contribution >= 0.6 is 0 Å². The second kappa shape index (κ2) is 8.44. The minimum absolute atomic E-state index is 0.0766. The molecule has 80 valence electrons. The number of hydrogen-bond acceptors (Lipinski definition) is 4. The molecule has 0 rings (SSSR count). The van der Waals surface area contributed by atoms with E-state index < -0.39 is 0 Å². The van der Waals surface area contributed by atoms with Gasteiger partial charge in [-0.05, 0) is 13.8 Å². The Kier molecular flexibility index (Phi) is 8.33. The Morgan fingerprint density at radius 1 is 1.08 bits per heavy atom. The van der Waals surface area contributed by atoms with E-state index in [-0.39, 0.29) is 12.4 Å². The van der Waals surface area contributed by atoms with Crippen LogP contribution in [0.2, 0.25) is 0 Å². The Morgan fingerprint density at radius 2 is 1.69 bits per heavy atom. The summed E-state index contributed by atoms with van der Waals surface area (Å²) in [4.78, 5) is 0. The highest BCUT2D eigenvalue weighted by Crippen LogP contribution is 1.97. The fourth-order valence-electron chi connectivity index (χ4n) is 0.807. The molecule has 4 nitrogen and oxygen atoms in total. The van der Waals surface area contributed by atoms with E-state index in [0.29, 0.717) is 19.8 Å². The monoisotopic (exact) mass is 192 g/mol. The molecule has 1 atom stereocenters. The smallest absolute Gasteiger partial charge is 0.180 e. The summed E-state index contributed by atoms with van der Waals surface area (Å²) in [6, 6.07) is 0. The summed E-state index contributed by atoms with van der Waals surface area (Å²) < 4.78 is 20.5. The molecule has 0 aromatic rings. The summed E-state index contributed by atoms with van der Waals surface area (Å²) in [5, 5.41) is 0. The molecule has 13 heavy (non-hydrogen) atoms. The zero-order valence-corrected chi connectivity index (χ0v) is 8.91. The van der Waals surface area contributed by atoms with Crippen LogP contribution in [0, 0.1) is 0 Å². The Bertz CT molecular complexity index is 104. The molecule has 4 heteroatoms. The van der Waals surface area contributed by atoms with Gasteiger partial charge in [0.2, 0.25) is 0 Å². The SMILES string of the molecule is CCOCC(C)OCC(OC)OC. The van der Waals surface area contributed by atoms with Crippen molar-refractivity contribution in [2.24, 2.45) is 0 Å². The van der Waals surface area contributed by atoms with E-state index in [9.17, 15) is 0 Å². The molecule has 0 saturated heterocycles. The van der Waals surface area contributed by atoms with Crippen LogP contribution in [0.25, 0.3) is 0 Å². The van der Waals surface area contributed by atoms with Crippen LogP contribution < -0.4 is 0 Å². The molecule has 0 spiro atoms. The molecule has 0 aliphatic rings. The van der Waals surface area contributed by atoms with Crippen molar-refractivity contribution in [3.63, 3.8) is 0 Å². The lowest BCUT2D eigenvalue weighted by Gasteiger charge is -2.17. The first-order valence-electron chi connectivity index (χ1n) is 4.49. The minimum Gasteiger partial charge on any atom is -0.379 e. The van der Waals surface area contributed by atoms with Gasteiger partial charge in [0.05, 0.1) is 19.3 Å². The van der Waals surface area contributed by atoms with Crippen LogP contribution in [0.4, 0.5) is 0 Å². The summed E-state index contributed by atoms with van der Waals surface area (Å²) in [6.45, 7) is 5.67. The highest BCUT2D eigenvalue weighted by molar-refractivity contribution is 4.48. The molecular formula is C9H20O4. The predicted octanol–water partition coefficient (Wildman–Crippen LogP) is 1.05. The maximum Gasteiger partial charge on any atom is 0.180 e. The van der Waals surface area contributed by atoms with E-state index in [1.807, 2.05) is 13.8 Å². The van der Waals surface area contributed by atoms with Gasteiger partial charge in [-0.3, -0.25) is 0 Å². The van der Waals surface area contributed by atoms with Crippen LogP contribution in [0.3, 0.4) is 0 Å². The molecule has 0 heterocycles. The molecule has 0 aliphatic carbocycles. The molecule has 0 fully saturated rings. The summed E-state index contributed by atoms with van der Waals surface area (Å²) >= 11 is 0. The van der Waals surface area contributed by atoms with E-state index in [4.69, 9.17) is 18.9 Å². The van der Waals surface area contributed by atoms with Crippen LogP contribution in [-0.4, -0.2) is 46.4 Å². The maximum absolute atomic E-state index is 5.41. The van der Waals surface area contributed by atoms with Gasteiger partial charge in [-0.2, -0.15) is 0 Å². The van der Waals surface area contributed by atoms with Gasteiger partial charge in [0.1, 0.15) is 0 Å². The zero-order chi connectivity index (χ0) is 10.1. The molecule has 0 aliphatic heterocycles. The highest BCUT2D eigenvalue weighted by atomic mass is 16.7. The lowest BCUT2D eigenvalue weighted by molar-refractivity contribution is -0.155. The molecule has 0 aromatic heterocycles. The Balaban J connectivity index is 3.38. The lowest BCUT2D eigenvalue weighted by Crippen LogP contribution is -2.25. The highest BCUT2D eigenvalue weighted by Gasteiger charge is 2.08. The molecule has 0 amide bonds. The van der Waals surface area contributed by atoms with Crippen molar-refractivity contribution in [3.05, 3.63) is 0 Å². The van der Waals surface area contributed by atoms with Gasteiger partial charge in [-0.15, -0.1) is 0 Å². The summed E-state index contributed by atoms with van der Waals surface area (Å²) in [7, 11) is 3.18. The number of rotatable bonds is 8. The molecule has 0 N–H and O–H groups in total. The molecular weight excluding hydrogens is 172 g/mol. The van der Waals surface area contributed by atoms with Crippen LogP contribution in [0.5, 0.6) is 0 Å². The van der Waals surface area contributed by atoms with Crippen molar-refractivity contribution >= 4 is 0 Å². The molecule has 0 radical (unpaired) electrons. The van der Waals surface area contributed by atoms with E-state index in [1.165, 1.54) is 0 Å². The van der Waals surface area contributed by atoms with Crippen molar-refractivity contribution in [3.8, 4) is 0 Å². The predicted molar refractivity (Wildman–Crippen MR) is 49.7 cm³/mol. The number of hydrogen-bond donors (Lipinski definition) is 0. The van der Waals surface area contributed by atoms with Crippen molar-refractivity contribution in [2.75, 3.05) is 34.0 Å². The van der Waals surface area contributed by atoms with E-state index in [2.05, 4.69) is 0 Å². The summed E-state index contributed by atoms with van der Waals surface area (Å²) in [6.07, 6.45) is -0.211. The second-order valence-electron chi connectivity index (χ2n) is 2.70. The van der Waals surface area contributed by atoms with Crippen molar-refractivity contribution < 1.29 is 18.9 Å². The fraction of sp³-hybridized carbons (Fsp3) is 1.00. The van der Waals surface area contributed by atoms with E-state index in [1.54, 1.807) is 14.2 Å². The maximum atomic E-state index is 5.41. The third kappa shape index (κ3) is 6.95. The van der Waals surface area contributed by atoms with Gasteiger partial charge in [-0.25, -0.2) is 0 Å². The summed E-state index contributed by atoms with van der Waals surface area (Å²) in [5.74, 6) is 0. The van der Waals surface area contributed by atoms with Gasteiger partial charge in [0.25, 0.3) is 0 Å². The average Bonchev–Trinajstić information content (AvgIpc) is 2.16. The van der Waals surface area contributed by atoms with E-state index >= 15 is 0 Å². The molecule has 0 bridgehead atoms. The Labute approximate surface area is 80.1 Å². The van der Waals surface area contributed by atoms with Crippen molar-refractivity contribution in [2.45, 2.75) is 26.2 Å². The topological polar surface area (TPSA) is 36.9 Å². The van der Waals surface area contributed by atoms with Gasteiger partial charge in [-0.1, -0.05) is 0 Å². The zero-order valence-electron chi connectivity index (χ0n) is 8.91. The van der Waals surface area contributed by atoms with Gasteiger partial charge >= 0.3 is 0 Å². The van der Waals surface area contributed by atoms with Gasteiger partial charge in [0, 0.05) is 20.8 Å². The Morgan fingerprint density at radius 3 is 2.15 bits per heavy atom. The quantitative estimate of drug-likeness (QED) is 0.539. The van der Waals surface area contributed by atoms with Crippen molar-refractivity contribution in [1.82, 2.24) is 0 Å². The standard InChI is InChI=1S/C9H20O4/c1-5-12-6-8(2)13-7-9(10-3)11-4/h8-9H,5-7H2,1-4H3. The molecule has 0 aromatic carbocycles. The Hall–Kier alpha value is -0.160. The average molecular weight is 192 g/mol. The number of methoxy groups -OCH3 is 2. The number of ether oxygens (including phenoxy) is 4. The molecule has 0 saturated carbocycles. The largest absolute Gasteiger partial charge is 0.379 e.